The Labute approximate surface area is 118 Å². The van der Waals surface area contributed by atoms with Crippen LogP contribution in [0.25, 0.3) is 0 Å². The maximum atomic E-state index is 11.8. The SMILES string of the molecule is CC(C)(C)NC(=O)Nc1cc(Cl)ccc1C#CCN. The van der Waals surface area contributed by atoms with Gasteiger partial charge in [0.15, 0.2) is 0 Å². The highest BCUT2D eigenvalue weighted by Gasteiger charge is 2.14. The molecule has 4 nitrogen and oxygen atoms in total. The first-order valence-electron chi connectivity index (χ1n) is 5.89. The van der Waals surface area contributed by atoms with Gasteiger partial charge in [-0.05, 0) is 39.0 Å². The lowest BCUT2D eigenvalue weighted by Gasteiger charge is -2.21. The molecule has 0 saturated carbocycles. The first kappa shape index (κ1) is 15.4. The molecule has 0 radical (unpaired) electrons. The second-order valence-electron chi connectivity index (χ2n) is 5.02. The summed E-state index contributed by atoms with van der Waals surface area (Å²) in [4.78, 5) is 11.8. The molecule has 1 rings (SSSR count). The number of halogens is 1. The van der Waals surface area contributed by atoms with Crippen LogP contribution in [0.5, 0.6) is 0 Å². The Balaban J connectivity index is 2.93. The molecule has 0 aromatic heterocycles. The van der Waals surface area contributed by atoms with E-state index in [2.05, 4.69) is 22.5 Å². The third-order valence-electron chi connectivity index (χ3n) is 2.04. The van der Waals surface area contributed by atoms with E-state index in [0.29, 0.717) is 16.3 Å². The molecule has 0 bridgehead atoms. The maximum Gasteiger partial charge on any atom is 0.319 e. The molecule has 0 unspecified atom stereocenters. The fourth-order valence-electron chi connectivity index (χ4n) is 1.37. The van der Waals surface area contributed by atoms with Crippen molar-refractivity contribution in [2.75, 3.05) is 11.9 Å². The number of anilines is 1. The van der Waals surface area contributed by atoms with E-state index in [1.165, 1.54) is 0 Å². The summed E-state index contributed by atoms with van der Waals surface area (Å²) in [7, 11) is 0. The van der Waals surface area contributed by atoms with Crippen LogP contribution < -0.4 is 16.4 Å². The summed E-state index contributed by atoms with van der Waals surface area (Å²) in [5.74, 6) is 5.64. The summed E-state index contributed by atoms with van der Waals surface area (Å²) in [5, 5.41) is 6.08. The van der Waals surface area contributed by atoms with E-state index in [0.717, 1.165) is 0 Å². The molecule has 0 aliphatic carbocycles. The lowest BCUT2D eigenvalue weighted by Crippen LogP contribution is -2.43. The van der Waals surface area contributed by atoms with Crippen LogP contribution >= 0.6 is 11.6 Å². The summed E-state index contributed by atoms with van der Waals surface area (Å²) in [6.07, 6.45) is 0. The number of nitrogens with two attached hydrogens (primary N) is 1. The van der Waals surface area contributed by atoms with Crippen molar-refractivity contribution in [3.8, 4) is 11.8 Å². The molecule has 1 aromatic rings. The van der Waals surface area contributed by atoms with Crippen LogP contribution in [0.4, 0.5) is 10.5 Å². The van der Waals surface area contributed by atoms with Crippen molar-refractivity contribution >= 4 is 23.3 Å². The Bertz CT molecular complexity index is 524. The van der Waals surface area contributed by atoms with E-state index in [-0.39, 0.29) is 18.1 Å². The molecule has 0 aliphatic rings. The van der Waals surface area contributed by atoms with Crippen molar-refractivity contribution in [2.45, 2.75) is 26.3 Å². The minimum absolute atomic E-state index is 0.260. The lowest BCUT2D eigenvalue weighted by molar-refractivity contribution is 0.244. The molecule has 0 heterocycles. The normalized spacial score (nSPS) is 10.4. The molecular weight excluding hydrogens is 262 g/mol. The Morgan fingerprint density at radius 1 is 1.42 bits per heavy atom. The summed E-state index contributed by atoms with van der Waals surface area (Å²) in [6.45, 7) is 5.97. The molecular formula is C14H18ClN3O. The molecule has 1 aromatic carbocycles. The summed E-state index contributed by atoms with van der Waals surface area (Å²) in [6, 6.07) is 4.82. The molecule has 0 saturated heterocycles. The van der Waals surface area contributed by atoms with Gasteiger partial charge in [0.05, 0.1) is 12.2 Å². The van der Waals surface area contributed by atoms with Crippen LogP contribution in [0.15, 0.2) is 18.2 Å². The Morgan fingerprint density at radius 3 is 2.68 bits per heavy atom. The summed E-state index contributed by atoms with van der Waals surface area (Å²) < 4.78 is 0. The number of carbonyl (C=O) groups excluding carboxylic acids is 1. The summed E-state index contributed by atoms with van der Waals surface area (Å²) >= 11 is 5.92. The van der Waals surface area contributed by atoms with Crippen molar-refractivity contribution in [1.82, 2.24) is 5.32 Å². The molecule has 2 amide bonds. The minimum Gasteiger partial charge on any atom is -0.333 e. The van der Waals surface area contributed by atoms with Crippen LogP contribution in [-0.4, -0.2) is 18.1 Å². The predicted octanol–water partition coefficient (Wildman–Crippen LogP) is 2.57. The third-order valence-corrected chi connectivity index (χ3v) is 2.28. The van der Waals surface area contributed by atoms with Crippen LogP contribution in [-0.2, 0) is 0 Å². The fourth-order valence-corrected chi connectivity index (χ4v) is 1.54. The second kappa shape index (κ2) is 6.46. The summed E-state index contributed by atoms with van der Waals surface area (Å²) in [5.41, 5.74) is 6.27. The van der Waals surface area contributed by atoms with Gasteiger partial charge < -0.3 is 16.4 Å². The first-order chi connectivity index (χ1) is 8.81. The highest BCUT2D eigenvalue weighted by Crippen LogP contribution is 2.20. The van der Waals surface area contributed by atoms with Crippen molar-refractivity contribution in [3.63, 3.8) is 0 Å². The molecule has 0 spiro atoms. The monoisotopic (exact) mass is 279 g/mol. The number of benzene rings is 1. The van der Waals surface area contributed by atoms with Gasteiger partial charge in [-0.3, -0.25) is 0 Å². The average molecular weight is 280 g/mol. The molecule has 5 heteroatoms. The highest BCUT2D eigenvalue weighted by atomic mass is 35.5. The molecule has 0 fully saturated rings. The molecule has 0 atom stereocenters. The van der Waals surface area contributed by atoms with Gasteiger partial charge in [-0.15, -0.1) is 0 Å². The van der Waals surface area contributed by atoms with Gasteiger partial charge in [0.2, 0.25) is 0 Å². The van der Waals surface area contributed by atoms with Crippen LogP contribution in [0, 0.1) is 11.8 Å². The Hall–Kier alpha value is -1.70. The second-order valence-corrected chi connectivity index (χ2v) is 5.46. The first-order valence-corrected chi connectivity index (χ1v) is 6.27. The van der Waals surface area contributed by atoms with Gasteiger partial charge >= 0.3 is 6.03 Å². The number of urea groups is 1. The number of rotatable bonds is 1. The van der Waals surface area contributed by atoms with Gasteiger partial charge in [-0.2, -0.15) is 0 Å². The smallest absolute Gasteiger partial charge is 0.319 e. The Kier molecular flexibility index (Phi) is 5.22. The van der Waals surface area contributed by atoms with Crippen molar-refractivity contribution in [1.29, 1.82) is 0 Å². The Morgan fingerprint density at radius 2 is 2.11 bits per heavy atom. The fraction of sp³-hybridized carbons (Fsp3) is 0.357. The van der Waals surface area contributed by atoms with Gasteiger partial charge in [-0.25, -0.2) is 4.79 Å². The van der Waals surface area contributed by atoms with E-state index in [1.54, 1.807) is 18.2 Å². The molecule has 19 heavy (non-hydrogen) atoms. The average Bonchev–Trinajstić information content (AvgIpc) is 2.25. The number of hydrogen-bond acceptors (Lipinski definition) is 2. The van der Waals surface area contributed by atoms with E-state index in [4.69, 9.17) is 17.3 Å². The van der Waals surface area contributed by atoms with Crippen molar-refractivity contribution in [3.05, 3.63) is 28.8 Å². The van der Waals surface area contributed by atoms with Crippen molar-refractivity contribution < 1.29 is 4.79 Å². The van der Waals surface area contributed by atoms with Gasteiger partial charge in [0, 0.05) is 16.1 Å². The number of carbonyl (C=O) groups is 1. The largest absolute Gasteiger partial charge is 0.333 e. The quantitative estimate of drug-likeness (QED) is 0.692. The zero-order chi connectivity index (χ0) is 14.5. The minimum atomic E-state index is -0.314. The van der Waals surface area contributed by atoms with Gasteiger partial charge in [-0.1, -0.05) is 23.4 Å². The molecule has 102 valence electrons. The van der Waals surface area contributed by atoms with E-state index in [9.17, 15) is 4.79 Å². The highest BCUT2D eigenvalue weighted by molar-refractivity contribution is 6.31. The number of nitrogens with one attached hydrogen (secondary N) is 2. The van der Waals surface area contributed by atoms with Crippen LogP contribution in [0.3, 0.4) is 0 Å². The van der Waals surface area contributed by atoms with Crippen molar-refractivity contribution in [2.24, 2.45) is 5.73 Å². The number of amides is 2. The standard InChI is InChI=1S/C14H18ClN3O/c1-14(2,3)18-13(19)17-12-9-11(15)7-6-10(12)5-4-8-16/h6-7,9H,8,16H2,1-3H3,(H2,17,18,19). The van der Waals surface area contributed by atoms with E-state index in [1.807, 2.05) is 20.8 Å². The maximum absolute atomic E-state index is 11.8. The van der Waals surface area contributed by atoms with Gasteiger partial charge in [0.25, 0.3) is 0 Å². The lowest BCUT2D eigenvalue weighted by atomic mass is 10.1. The van der Waals surface area contributed by atoms with E-state index < -0.39 is 0 Å². The zero-order valence-electron chi connectivity index (χ0n) is 11.3. The predicted molar refractivity (Wildman–Crippen MR) is 79.3 cm³/mol. The third kappa shape index (κ3) is 5.64. The van der Waals surface area contributed by atoms with E-state index >= 15 is 0 Å². The number of hydrogen-bond donors (Lipinski definition) is 3. The van der Waals surface area contributed by atoms with Crippen LogP contribution in [0.2, 0.25) is 5.02 Å². The van der Waals surface area contributed by atoms with Gasteiger partial charge in [0.1, 0.15) is 0 Å². The molecule has 4 N–H and O–H groups in total. The topological polar surface area (TPSA) is 67.2 Å². The van der Waals surface area contributed by atoms with Crippen LogP contribution in [0.1, 0.15) is 26.3 Å². The molecule has 0 aliphatic heterocycles. The zero-order valence-corrected chi connectivity index (χ0v) is 12.1.